The standard InChI is InChI=1S/C35H40N2O8S/c1-24-22-37(25(2)21-36(24)16-18-43-23-34(39)40)17-19-44-29-8-10-30(11-9-29)45-35-32(14-6-27-20-28(38)7-15-33(27)35)26-4-12-31(13-5-26)46(3,41)42/h4-15,20,24-25,38H,16-19,21-23H2,1-3H3,(H,39,40)/t24-,25?/m0/s1. The van der Waals surface area contributed by atoms with Crippen molar-refractivity contribution in [2.24, 2.45) is 0 Å². The van der Waals surface area contributed by atoms with E-state index in [9.17, 15) is 18.3 Å². The maximum absolute atomic E-state index is 12.0. The van der Waals surface area contributed by atoms with E-state index >= 15 is 0 Å². The number of fused-ring (bicyclic) bond motifs is 1. The Morgan fingerprint density at radius 2 is 1.48 bits per heavy atom. The molecule has 2 atom stereocenters. The summed E-state index contributed by atoms with van der Waals surface area (Å²) in [6.07, 6.45) is 1.18. The quantitative estimate of drug-likeness (QED) is 0.185. The summed E-state index contributed by atoms with van der Waals surface area (Å²) in [5.74, 6) is 1.12. The zero-order chi connectivity index (χ0) is 32.8. The van der Waals surface area contributed by atoms with Gasteiger partial charge in [0.25, 0.3) is 0 Å². The molecule has 46 heavy (non-hydrogen) atoms. The number of sulfone groups is 1. The lowest BCUT2D eigenvalue weighted by Crippen LogP contribution is -2.57. The number of phenols is 1. The predicted molar refractivity (Wildman–Crippen MR) is 177 cm³/mol. The minimum atomic E-state index is -3.33. The summed E-state index contributed by atoms with van der Waals surface area (Å²) < 4.78 is 41.7. The maximum Gasteiger partial charge on any atom is 0.329 e. The molecule has 10 nitrogen and oxygen atoms in total. The van der Waals surface area contributed by atoms with E-state index in [4.69, 9.17) is 19.3 Å². The number of carboxylic acids is 1. The molecule has 1 aliphatic rings. The molecular formula is C35H40N2O8S. The summed E-state index contributed by atoms with van der Waals surface area (Å²) in [4.78, 5) is 15.6. The summed E-state index contributed by atoms with van der Waals surface area (Å²) in [5.41, 5.74) is 1.59. The number of nitrogens with zero attached hydrogens (tertiary/aromatic N) is 2. The molecule has 244 valence electrons. The summed E-state index contributed by atoms with van der Waals surface area (Å²) in [6.45, 7) is 8.26. The number of aliphatic carboxylic acids is 1. The molecule has 0 bridgehead atoms. The average molecular weight is 649 g/mol. The number of phenolic OH excluding ortho intramolecular Hbond substituents is 1. The van der Waals surface area contributed by atoms with Gasteiger partial charge in [0.1, 0.15) is 36.2 Å². The molecule has 4 aromatic rings. The number of hydrogen-bond acceptors (Lipinski definition) is 9. The molecule has 0 aromatic heterocycles. The number of piperazine rings is 1. The number of carboxylic acid groups (broad SMARTS) is 1. The molecule has 11 heteroatoms. The second-order valence-corrected chi connectivity index (χ2v) is 13.7. The fraction of sp³-hybridized carbons (Fsp3) is 0.343. The van der Waals surface area contributed by atoms with Crippen molar-refractivity contribution in [3.8, 4) is 34.1 Å². The zero-order valence-electron chi connectivity index (χ0n) is 26.3. The van der Waals surface area contributed by atoms with Crippen LogP contribution in [0.2, 0.25) is 0 Å². The monoisotopic (exact) mass is 648 g/mol. The Morgan fingerprint density at radius 1 is 0.848 bits per heavy atom. The number of rotatable bonds is 13. The fourth-order valence-corrected chi connectivity index (χ4v) is 6.37. The van der Waals surface area contributed by atoms with E-state index in [1.807, 2.05) is 36.4 Å². The van der Waals surface area contributed by atoms with E-state index in [0.29, 0.717) is 43.3 Å². The van der Waals surface area contributed by atoms with Gasteiger partial charge in [0, 0.05) is 55.5 Å². The van der Waals surface area contributed by atoms with Crippen molar-refractivity contribution in [2.75, 3.05) is 52.3 Å². The minimum absolute atomic E-state index is 0.151. The molecule has 2 N–H and O–H groups in total. The first-order valence-corrected chi connectivity index (χ1v) is 17.1. The van der Waals surface area contributed by atoms with E-state index < -0.39 is 15.8 Å². The van der Waals surface area contributed by atoms with Gasteiger partial charge >= 0.3 is 5.97 Å². The number of hydrogen-bond donors (Lipinski definition) is 2. The first kappa shape index (κ1) is 33.2. The van der Waals surface area contributed by atoms with Gasteiger partial charge in [-0.3, -0.25) is 9.80 Å². The largest absolute Gasteiger partial charge is 0.508 e. The molecule has 1 unspecified atom stereocenters. The van der Waals surface area contributed by atoms with Crippen LogP contribution < -0.4 is 9.47 Å². The second kappa shape index (κ2) is 14.5. The zero-order valence-corrected chi connectivity index (χ0v) is 27.1. The molecule has 4 aromatic carbocycles. The molecule has 1 fully saturated rings. The van der Waals surface area contributed by atoms with Crippen LogP contribution in [-0.4, -0.2) is 98.7 Å². The lowest BCUT2D eigenvalue weighted by atomic mass is 9.99. The van der Waals surface area contributed by atoms with Crippen molar-refractivity contribution in [1.82, 2.24) is 9.80 Å². The van der Waals surface area contributed by atoms with E-state index in [-0.39, 0.29) is 17.3 Å². The normalized spacial score (nSPS) is 17.6. The topological polar surface area (TPSA) is 126 Å². The molecule has 1 heterocycles. The lowest BCUT2D eigenvalue weighted by molar-refractivity contribution is -0.142. The van der Waals surface area contributed by atoms with Crippen LogP contribution in [0.5, 0.6) is 23.0 Å². The number of aromatic hydroxyl groups is 1. The first-order chi connectivity index (χ1) is 22.0. The number of carbonyl (C=O) groups is 1. The average Bonchev–Trinajstić information content (AvgIpc) is 3.01. The number of ether oxygens (including phenoxy) is 3. The highest BCUT2D eigenvalue weighted by Crippen LogP contribution is 2.41. The third-order valence-corrected chi connectivity index (χ3v) is 9.36. The third kappa shape index (κ3) is 8.35. The lowest BCUT2D eigenvalue weighted by Gasteiger charge is -2.44. The predicted octanol–water partition coefficient (Wildman–Crippen LogP) is 5.28. The summed E-state index contributed by atoms with van der Waals surface area (Å²) >= 11 is 0. The van der Waals surface area contributed by atoms with Gasteiger partial charge in [-0.15, -0.1) is 0 Å². The SMILES string of the molecule is CC1CN(CCOCC(=O)O)[C@@H](C)CN1CCOc1ccc(Oc2c(-c3ccc(S(C)(=O)=O)cc3)ccc3cc(O)ccc23)cc1. The van der Waals surface area contributed by atoms with Crippen LogP contribution in [0.3, 0.4) is 0 Å². The van der Waals surface area contributed by atoms with Gasteiger partial charge < -0.3 is 24.4 Å². The Labute approximate surface area is 269 Å². The Bertz CT molecular complexity index is 1760. The van der Waals surface area contributed by atoms with Gasteiger partial charge in [0.15, 0.2) is 9.84 Å². The number of benzene rings is 4. The highest BCUT2D eigenvalue weighted by Gasteiger charge is 2.28. The van der Waals surface area contributed by atoms with Gasteiger partial charge in [-0.1, -0.05) is 18.2 Å². The van der Waals surface area contributed by atoms with Gasteiger partial charge in [-0.2, -0.15) is 0 Å². The van der Waals surface area contributed by atoms with E-state index in [1.54, 1.807) is 42.5 Å². The van der Waals surface area contributed by atoms with Gasteiger partial charge in [0.05, 0.1) is 11.5 Å². The van der Waals surface area contributed by atoms with Crippen molar-refractivity contribution in [1.29, 1.82) is 0 Å². The van der Waals surface area contributed by atoms with E-state index in [1.165, 1.54) is 6.26 Å². The summed E-state index contributed by atoms with van der Waals surface area (Å²) in [5, 5.41) is 20.4. The van der Waals surface area contributed by atoms with Crippen molar-refractivity contribution < 1.29 is 37.6 Å². The van der Waals surface area contributed by atoms with Gasteiger partial charge in [-0.25, -0.2) is 13.2 Å². The smallest absolute Gasteiger partial charge is 0.329 e. The highest BCUT2D eigenvalue weighted by atomic mass is 32.2. The second-order valence-electron chi connectivity index (χ2n) is 11.7. The Morgan fingerprint density at radius 3 is 2.11 bits per heavy atom. The van der Waals surface area contributed by atoms with Crippen molar-refractivity contribution in [3.63, 3.8) is 0 Å². The molecule has 0 saturated carbocycles. The Balaban J connectivity index is 1.22. The van der Waals surface area contributed by atoms with Crippen molar-refractivity contribution in [3.05, 3.63) is 78.9 Å². The molecule has 1 saturated heterocycles. The fourth-order valence-electron chi connectivity index (χ4n) is 5.74. The van der Waals surface area contributed by atoms with Crippen LogP contribution >= 0.6 is 0 Å². The molecule has 5 rings (SSSR count). The third-order valence-electron chi connectivity index (χ3n) is 8.23. The summed E-state index contributed by atoms with van der Waals surface area (Å²) in [7, 11) is -3.33. The Hall–Kier alpha value is -4.16. The van der Waals surface area contributed by atoms with Crippen LogP contribution in [0.15, 0.2) is 83.8 Å². The van der Waals surface area contributed by atoms with Crippen molar-refractivity contribution in [2.45, 2.75) is 30.8 Å². The highest BCUT2D eigenvalue weighted by molar-refractivity contribution is 7.90. The van der Waals surface area contributed by atoms with E-state index in [2.05, 4.69) is 23.6 Å². The molecular weight excluding hydrogens is 608 g/mol. The molecule has 0 spiro atoms. The summed E-state index contributed by atoms with van der Waals surface area (Å²) in [6, 6.07) is 23.7. The Kier molecular flexibility index (Phi) is 10.5. The first-order valence-electron chi connectivity index (χ1n) is 15.2. The van der Waals surface area contributed by atoms with Crippen LogP contribution in [-0.2, 0) is 19.4 Å². The van der Waals surface area contributed by atoms with Crippen molar-refractivity contribution >= 4 is 26.6 Å². The van der Waals surface area contributed by atoms with Crippen LogP contribution in [0.25, 0.3) is 21.9 Å². The molecule has 0 radical (unpaired) electrons. The van der Waals surface area contributed by atoms with Crippen LogP contribution in [0.4, 0.5) is 0 Å². The molecule has 1 aliphatic heterocycles. The van der Waals surface area contributed by atoms with Crippen LogP contribution in [0, 0.1) is 0 Å². The molecule has 0 amide bonds. The van der Waals surface area contributed by atoms with E-state index in [0.717, 1.165) is 47.3 Å². The minimum Gasteiger partial charge on any atom is -0.508 e. The van der Waals surface area contributed by atoms with Gasteiger partial charge in [-0.05, 0) is 85.5 Å². The van der Waals surface area contributed by atoms with Gasteiger partial charge in [0.2, 0.25) is 0 Å². The maximum atomic E-state index is 12.0. The molecule has 0 aliphatic carbocycles. The van der Waals surface area contributed by atoms with Crippen LogP contribution in [0.1, 0.15) is 13.8 Å².